The average molecular weight is 389 g/mol. The first-order valence-corrected chi connectivity index (χ1v) is 8.45. The third-order valence-electron chi connectivity index (χ3n) is 3.05. The second-order valence-corrected chi connectivity index (χ2v) is 6.76. The molecule has 0 aliphatic carbocycles. The van der Waals surface area contributed by atoms with Crippen molar-refractivity contribution in [2.24, 2.45) is 0 Å². The van der Waals surface area contributed by atoms with Crippen molar-refractivity contribution in [2.45, 2.75) is 6.92 Å². The van der Waals surface area contributed by atoms with Crippen LogP contribution in [0.3, 0.4) is 0 Å². The Morgan fingerprint density at radius 1 is 1.00 bits per heavy atom. The summed E-state index contributed by atoms with van der Waals surface area (Å²) in [5, 5.41) is 14.7. The fourth-order valence-electron chi connectivity index (χ4n) is 1.88. The van der Waals surface area contributed by atoms with Crippen LogP contribution in [-0.4, -0.2) is 16.2 Å². The number of rotatable bonds is 3. The molecule has 116 valence electrons. The second kappa shape index (κ2) is 6.89. The molecule has 1 heterocycles. The number of carbonyl (C=O) groups is 1. The molecule has 3 rings (SSSR count). The van der Waals surface area contributed by atoms with Crippen molar-refractivity contribution >= 4 is 44.1 Å². The number of halogens is 1. The fourth-order valence-corrected chi connectivity index (χ4v) is 2.89. The summed E-state index contributed by atoms with van der Waals surface area (Å²) in [7, 11) is 0. The lowest BCUT2D eigenvalue weighted by Crippen LogP contribution is -2.19. The van der Waals surface area contributed by atoms with E-state index in [-0.39, 0.29) is 6.03 Å². The van der Waals surface area contributed by atoms with Crippen molar-refractivity contribution in [3.63, 3.8) is 0 Å². The molecule has 2 aromatic carbocycles. The average Bonchev–Trinajstić information content (AvgIpc) is 2.98. The number of carbonyl (C=O) groups excluding carboxylic acids is 1. The molecule has 5 nitrogen and oxygen atoms in total. The Labute approximate surface area is 145 Å². The normalized spacial score (nSPS) is 10.3. The predicted octanol–water partition coefficient (Wildman–Crippen LogP) is 4.92. The summed E-state index contributed by atoms with van der Waals surface area (Å²) in [6, 6.07) is 15.0. The zero-order valence-corrected chi connectivity index (χ0v) is 14.6. The van der Waals surface area contributed by atoms with Crippen LogP contribution in [0.1, 0.15) is 5.56 Å². The molecule has 23 heavy (non-hydrogen) atoms. The third kappa shape index (κ3) is 4.14. The van der Waals surface area contributed by atoms with Gasteiger partial charge in [0.15, 0.2) is 0 Å². The van der Waals surface area contributed by atoms with Gasteiger partial charge in [-0.2, -0.15) is 0 Å². The van der Waals surface area contributed by atoms with Crippen molar-refractivity contribution < 1.29 is 4.79 Å². The standard InChI is InChI=1S/C16H13BrN4OS/c1-10-2-8-13(9-3-10)18-15(22)19-16-21-20-14(23-16)11-4-6-12(17)7-5-11/h2-9H,1H3,(H2,18,19,21,22). The van der Waals surface area contributed by atoms with Crippen LogP contribution in [0.25, 0.3) is 10.6 Å². The quantitative estimate of drug-likeness (QED) is 0.668. The van der Waals surface area contributed by atoms with E-state index >= 15 is 0 Å². The molecule has 2 amide bonds. The smallest absolute Gasteiger partial charge is 0.308 e. The monoisotopic (exact) mass is 388 g/mol. The number of aromatic nitrogens is 2. The van der Waals surface area contributed by atoms with Gasteiger partial charge in [0.1, 0.15) is 5.01 Å². The molecule has 3 aromatic rings. The van der Waals surface area contributed by atoms with Crippen molar-refractivity contribution in [2.75, 3.05) is 10.6 Å². The number of hydrogen-bond donors (Lipinski definition) is 2. The third-order valence-corrected chi connectivity index (χ3v) is 4.46. The summed E-state index contributed by atoms with van der Waals surface area (Å²) in [4.78, 5) is 12.0. The fraction of sp³-hybridized carbons (Fsp3) is 0.0625. The summed E-state index contributed by atoms with van der Waals surface area (Å²) in [5.74, 6) is 0. The molecule has 0 saturated carbocycles. The van der Waals surface area contributed by atoms with Crippen LogP contribution in [0.15, 0.2) is 53.0 Å². The molecule has 0 aliphatic heterocycles. The minimum absolute atomic E-state index is 0.340. The Morgan fingerprint density at radius 2 is 1.70 bits per heavy atom. The number of nitrogens with zero attached hydrogens (tertiary/aromatic N) is 2. The number of benzene rings is 2. The maximum atomic E-state index is 12.0. The van der Waals surface area contributed by atoms with Gasteiger partial charge in [-0.05, 0) is 31.2 Å². The van der Waals surface area contributed by atoms with E-state index in [0.29, 0.717) is 5.13 Å². The van der Waals surface area contributed by atoms with Crippen LogP contribution >= 0.6 is 27.3 Å². The van der Waals surface area contributed by atoms with E-state index in [1.807, 2.05) is 55.5 Å². The number of aryl methyl sites for hydroxylation is 1. The number of hydrogen-bond acceptors (Lipinski definition) is 4. The minimum Gasteiger partial charge on any atom is -0.308 e. The Kier molecular flexibility index (Phi) is 4.68. The Bertz CT molecular complexity index is 815. The molecule has 7 heteroatoms. The van der Waals surface area contributed by atoms with E-state index in [9.17, 15) is 4.79 Å². The summed E-state index contributed by atoms with van der Waals surface area (Å²) < 4.78 is 1.00. The lowest BCUT2D eigenvalue weighted by atomic mass is 10.2. The molecule has 1 aromatic heterocycles. The van der Waals surface area contributed by atoms with Gasteiger partial charge in [0, 0.05) is 15.7 Å². The molecular formula is C16H13BrN4OS. The largest absolute Gasteiger partial charge is 0.325 e. The SMILES string of the molecule is Cc1ccc(NC(=O)Nc2nnc(-c3ccc(Br)cc3)s2)cc1. The topological polar surface area (TPSA) is 66.9 Å². The first-order chi connectivity index (χ1) is 11.1. The zero-order chi connectivity index (χ0) is 16.2. The van der Waals surface area contributed by atoms with E-state index in [1.54, 1.807) is 0 Å². The molecular weight excluding hydrogens is 376 g/mol. The highest BCUT2D eigenvalue weighted by Gasteiger charge is 2.09. The van der Waals surface area contributed by atoms with Gasteiger partial charge in [0.25, 0.3) is 0 Å². The summed E-state index contributed by atoms with van der Waals surface area (Å²) >= 11 is 4.72. The molecule has 0 aliphatic rings. The van der Waals surface area contributed by atoms with Crippen LogP contribution in [0.5, 0.6) is 0 Å². The Hall–Kier alpha value is -2.25. The van der Waals surface area contributed by atoms with Crippen molar-refractivity contribution in [1.29, 1.82) is 0 Å². The number of amides is 2. The van der Waals surface area contributed by atoms with Crippen molar-refractivity contribution in [3.8, 4) is 10.6 Å². The molecule has 0 spiro atoms. The summed E-state index contributed by atoms with van der Waals surface area (Å²) in [6.07, 6.45) is 0. The highest BCUT2D eigenvalue weighted by atomic mass is 79.9. The van der Waals surface area contributed by atoms with E-state index in [1.165, 1.54) is 11.3 Å². The van der Waals surface area contributed by atoms with Crippen LogP contribution in [0, 0.1) is 6.92 Å². The maximum absolute atomic E-state index is 12.0. The Morgan fingerprint density at radius 3 is 2.39 bits per heavy atom. The van der Waals surface area contributed by atoms with Gasteiger partial charge in [-0.25, -0.2) is 4.79 Å². The highest BCUT2D eigenvalue weighted by Crippen LogP contribution is 2.27. The number of nitrogens with one attached hydrogen (secondary N) is 2. The summed E-state index contributed by atoms with van der Waals surface area (Å²) in [5.41, 5.74) is 2.82. The molecule has 0 unspecified atom stereocenters. The van der Waals surface area contributed by atoms with Gasteiger partial charge in [0.05, 0.1) is 0 Å². The Balaban J connectivity index is 1.65. The second-order valence-electron chi connectivity index (χ2n) is 4.86. The zero-order valence-electron chi connectivity index (χ0n) is 12.2. The molecule has 0 fully saturated rings. The van der Waals surface area contributed by atoms with E-state index < -0.39 is 0 Å². The van der Waals surface area contributed by atoms with E-state index in [0.717, 1.165) is 26.3 Å². The first-order valence-electron chi connectivity index (χ1n) is 6.84. The molecule has 2 N–H and O–H groups in total. The van der Waals surface area contributed by atoms with Gasteiger partial charge < -0.3 is 5.32 Å². The van der Waals surface area contributed by atoms with E-state index in [2.05, 4.69) is 36.8 Å². The lowest BCUT2D eigenvalue weighted by molar-refractivity contribution is 0.262. The maximum Gasteiger partial charge on any atom is 0.325 e. The lowest BCUT2D eigenvalue weighted by Gasteiger charge is -2.04. The van der Waals surface area contributed by atoms with Gasteiger partial charge >= 0.3 is 6.03 Å². The highest BCUT2D eigenvalue weighted by molar-refractivity contribution is 9.10. The first kappa shape index (κ1) is 15.6. The number of urea groups is 1. The number of anilines is 2. The molecule has 0 atom stereocenters. The molecule has 0 radical (unpaired) electrons. The van der Waals surface area contributed by atoms with Gasteiger partial charge in [-0.1, -0.05) is 57.1 Å². The van der Waals surface area contributed by atoms with Crippen LogP contribution in [0.2, 0.25) is 0 Å². The molecule has 0 saturated heterocycles. The predicted molar refractivity (Wildman–Crippen MR) is 96.9 cm³/mol. The summed E-state index contributed by atoms with van der Waals surface area (Å²) in [6.45, 7) is 1.99. The van der Waals surface area contributed by atoms with Gasteiger partial charge in [0.2, 0.25) is 5.13 Å². The van der Waals surface area contributed by atoms with Crippen molar-refractivity contribution in [3.05, 3.63) is 58.6 Å². The minimum atomic E-state index is -0.340. The molecule has 0 bridgehead atoms. The van der Waals surface area contributed by atoms with Gasteiger partial charge in [-0.15, -0.1) is 10.2 Å². The van der Waals surface area contributed by atoms with Crippen LogP contribution in [-0.2, 0) is 0 Å². The van der Waals surface area contributed by atoms with Gasteiger partial charge in [-0.3, -0.25) is 5.32 Å². The van der Waals surface area contributed by atoms with E-state index in [4.69, 9.17) is 0 Å². The van der Waals surface area contributed by atoms with Crippen molar-refractivity contribution in [1.82, 2.24) is 10.2 Å². The van der Waals surface area contributed by atoms with Crippen LogP contribution < -0.4 is 10.6 Å². The van der Waals surface area contributed by atoms with Crippen LogP contribution in [0.4, 0.5) is 15.6 Å².